The molecule has 3 aromatic rings. The third kappa shape index (κ3) is 3.86. The Morgan fingerprint density at radius 1 is 1.21 bits per heavy atom. The number of aryl methyl sites for hydroxylation is 2. The maximum absolute atomic E-state index is 12.7. The van der Waals surface area contributed by atoms with Crippen molar-refractivity contribution >= 4 is 43.9 Å². The highest BCUT2D eigenvalue weighted by molar-refractivity contribution is 7.85. The summed E-state index contributed by atoms with van der Waals surface area (Å²) in [6.07, 6.45) is 3.91. The van der Waals surface area contributed by atoms with Gasteiger partial charge in [0.05, 0.1) is 11.4 Å². The van der Waals surface area contributed by atoms with Crippen molar-refractivity contribution < 1.29 is 17.8 Å². The molecule has 0 radical (unpaired) electrons. The monoisotopic (exact) mass is 436 g/mol. The molecule has 3 N–H and O–H groups in total. The number of carbonyl (C=O) groups excluding carboxylic acids is 1. The molecule has 1 atom stereocenters. The Bertz CT molecular complexity index is 1100. The largest absolute Gasteiger partial charge is 0.397 e. The van der Waals surface area contributed by atoms with Gasteiger partial charge in [-0.05, 0) is 48.9 Å². The molecule has 4 rings (SSSR count). The van der Waals surface area contributed by atoms with Crippen LogP contribution in [0.2, 0.25) is 0 Å². The zero-order valence-electron chi connectivity index (χ0n) is 15.3. The molecule has 1 aliphatic carbocycles. The molecule has 0 bridgehead atoms. The minimum atomic E-state index is -2.93. The number of carbonyl (C=O) groups is 1. The fourth-order valence-electron chi connectivity index (χ4n) is 3.44. The number of halogens is 2. The lowest BCUT2D eigenvalue weighted by atomic mass is 9.94. The molecular formula is C19H18F2N4O2S2. The zero-order chi connectivity index (χ0) is 20.5. The molecule has 1 aliphatic rings. The maximum Gasteiger partial charge on any atom is 0.316 e. The molecule has 0 saturated heterocycles. The summed E-state index contributed by atoms with van der Waals surface area (Å²) in [6, 6.07) is 5.87. The Hall–Kier alpha value is -2.46. The van der Waals surface area contributed by atoms with Crippen LogP contribution < -0.4 is 11.1 Å². The Morgan fingerprint density at radius 2 is 1.93 bits per heavy atom. The molecular weight excluding hydrogens is 418 g/mol. The van der Waals surface area contributed by atoms with Gasteiger partial charge in [0.1, 0.15) is 20.5 Å². The molecule has 0 saturated carbocycles. The predicted octanol–water partition coefficient (Wildman–Crippen LogP) is 3.41. The normalized spacial score (nSPS) is 14.7. The number of alkyl halides is 2. The van der Waals surface area contributed by atoms with E-state index in [9.17, 15) is 17.8 Å². The number of rotatable bonds is 5. The van der Waals surface area contributed by atoms with Crippen LogP contribution in [0.1, 0.15) is 39.3 Å². The quantitative estimate of drug-likeness (QED) is 0.639. The van der Waals surface area contributed by atoms with Crippen molar-refractivity contribution in [3.05, 3.63) is 46.0 Å². The van der Waals surface area contributed by atoms with Crippen LogP contribution in [0.5, 0.6) is 0 Å². The summed E-state index contributed by atoms with van der Waals surface area (Å²) in [5.74, 6) is -3.25. The SMILES string of the molecule is Nc1c(C(=O)NCc2ccc(S(=O)C(F)F)cc2)sc2nnc3c(c12)CCCC3. The number of anilines is 1. The first-order valence-electron chi connectivity index (χ1n) is 9.08. The number of nitrogens with two attached hydrogens (primary N) is 1. The van der Waals surface area contributed by atoms with E-state index in [1.165, 1.54) is 23.5 Å². The van der Waals surface area contributed by atoms with Crippen molar-refractivity contribution in [3.63, 3.8) is 0 Å². The number of benzene rings is 1. The van der Waals surface area contributed by atoms with Crippen molar-refractivity contribution in [2.24, 2.45) is 0 Å². The highest BCUT2D eigenvalue weighted by Gasteiger charge is 2.23. The third-order valence-corrected chi connectivity index (χ3v) is 7.05. The molecule has 6 nitrogen and oxygen atoms in total. The summed E-state index contributed by atoms with van der Waals surface area (Å²) in [5.41, 5.74) is 9.47. The number of aromatic nitrogens is 2. The highest BCUT2D eigenvalue weighted by Crippen LogP contribution is 2.37. The van der Waals surface area contributed by atoms with Gasteiger partial charge in [0.15, 0.2) is 0 Å². The summed E-state index contributed by atoms with van der Waals surface area (Å²) in [5, 5.41) is 12.1. The van der Waals surface area contributed by atoms with Crippen LogP contribution in [0.25, 0.3) is 10.2 Å². The average molecular weight is 437 g/mol. The summed E-state index contributed by atoms with van der Waals surface area (Å²) in [6.45, 7) is 0.192. The van der Waals surface area contributed by atoms with E-state index in [1.807, 2.05) is 0 Å². The zero-order valence-corrected chi connectivity index (χ0v) is 16.9. The van der Waals surface area contributed by atoms with E-state index >= 15 is 0 Å². The van der Waals surface area contributed by atoms with E-state index in [0.29, 0.717) is 21.0 Å². The van der Waals surface area contributed by atoms with Gasteiger partial charge in [-0.1, -0.05) is 12.1 Å². The van der Waals surface area contributed by atoms with Crippen LogP contribution in [0, 0.1) is 0 Å². The lowest BCUT2D eigenvalue weighted by Gasteiger charge is -2.14. The van der Waals surface area contributed by atoms with Gasteiger partial charge in [-0.3, -0.25) is 4.79 Å². The minimum Gasteiger partial charge on any atom is -0.397 e. The van der Waals surface area contributed by atoms with E-state index in [0.717, 1.165) is 42.3 Å². The van der Waals surface area contributed by atoms with Gasteiger partial charge in [-0.15, -0.1) is 16.4 Å². The predicted molar refractivity (Wildman–Crippen MR) is 108 cm³/mol. The molecule has 152 valence electrons. The van der Waals surface area contributed by atoms with Gasteiger partial charge in [-0.25, -0.2) is 4.21 Å². The molecule has 2 heterocycles. The van der Waals surface area contributed by atoms with Crippen molar-refractivity contribution in [2.45, 2.75) is 42.9 Å². The van der Waals surface area contributed by atoms with Crippen molar-refractivity contribution in [3.8, 4) is 0 Å². The second-order valence-corrected chi connectivity index (χ2v) is 9.16. The number of fused-ring (bicyclic) bond motifs is 3. The standard InChI is InChI=1S/C19H18F2N4O2S2/c20-19(21)29(27)11-7-5-10(6-8-11)9-23-17(26)16-15(22)14-12-3-1-2-4-13(12)24-25-18(14)28-16/h5-8,19H,1-4,9,22H2,(H,23,26). The van der Waals surface area contributed by atoms with Crippen molar-refractivity contribution in [1.82, 2.24) is 15.5 Å². The van der Waals surface area contributed by atoms with E-state index < -0.39 is 16.6 Å². The molecule has 0 aliphatic heterocycles. The summed E-state index contributed by atoms with van der Waals surface area (Å²) in [7, 11) is -2.35. The Balaban J connectivity index is 1.51. The molecule has 10 heteroatoms. The number of amides is 1. The number of nitrogen functional groups attached to an aromatic ring is 1. The number of thiophene rings is 1. The second kappa shape index (κ2) is 8.11. The molecule has 1 amide bonds. The Kier molecular flexibility index (Phi) is 5.55. The molecule has 29 heavy (non-hydrogen) atoms. The molecule has 0 spiro atoms. The maximum atomic E-state index is 12.7. The lowest BCUT2D eigenvalue weighted by molar-refractivity contribution is 0.0956. The molecule has 0 fully saturated rings. The van der Waals surface area contributed by atoms with Crippen LogP contribution in [0.3, 0.4) is 0 Å². The van der Waals surface area contributed by atoms with Crippen LogP contribution in [-0.4, -0.2) is 26.1 Å². The van der Waals surface area contributed by atoms with E-state index in [1.54, 1.807) is 12.1 Å². The summed E-state index contributed by atoms with van der Waals surface area (Å²) >= 11 is 1.22. The topological polar surface area (TPSA) is 98.0 Å². The van der Waals surface area contributed by atoms with E-state index in [-0.39, 0.29) is 17.3 Å². The molecule has 2 aromatic heterocycles. The third-order valence-electron chi connectivity index (χ3n) is 4.91. The van der Waals surface area contributed by atoms with Gasteiger partial charge in [0, 0.05) is 16.8 Å². The minimum absolute atomic E-state index is 0.0483. The first kappa shape index (κ1) is 19.8. The lowest BCUT2D eigenvalue weighted by Crippen LogP contribution is -2.22. The number of nitrogens with one attached hydrogen (secondary N) is 1. The summed E-state index contributed by atoms with van der Waals surface area (Å²) < 4.78 is 36.4. The number of hydrogen-bond acceptors (Lipinski definition) is 6. The van der Waals surface area contributed by atoms with Gasteiger partial charge in [-0.2, -0.15) is 13.9 Å². The first-order valence-corrected chi connectivity index (χ1v) is 11.1. The van der Waals surface area contributed by atoms with Crippen molar-refractivity contribution in [1.29, 1.82) is 0 Å². The van der Waals surface area contributed by atoms with Crippen LogP contribution in [-0.2, 0) is 30.2 Å². The number of hydrogen-bond donors (Lipinski definition) is 2. The van der Waals surface area contributed by atoms with Crippen LogP contribution >= 0.6 is 11.3 Å². The molecule has 1 unspecified atom stereocenters. The van der Waals surface area contributed by atoms with Crippen LogP contribution in [0.4, 0.5) is 14.5 Å². The van der Waals surface area contributed by atoms with Gasteiger partial charge >= 0.3 is 5.76 Å². The molecule has 1 aromatic carbocycles. The first-order chi connectivity index (χ1) is 14.0. The summed E-state index contributed by atoms with van der Waals surface area (Å²) in [4.78, 5) is 13.8. The highest BCUT2D eigenvalue weighted by atomic mass is 32.2. The smallest absolute Gasteiger partial charge is 0.316 e. The van der Waals surface area contributed by atoms with Crippen molar-refractivity contribution in [2.75, 3.05) is 5.73 Å². The average Bonchev–Trinajstić information content (AvgIpc) is 3.09. The fraction of sp³-hybridized carbons (Fsp3) is 0.316. The van der Waals surface area contributed by atoms with Gasteiger partial charge in [0.25, 0.3) is 5.91 Å². The van der Waals surface area contributed by atoms with E-state index in [2.05, 4.69) is 15.5 Å². The fourth-order valence-corrected chi connectivity index (χ4v) is 5.04. The second-order valence-electron chi connectivity index (χ2n) is 6.74. The number of nitrogens with zero attached hydrogens (tertiary/aromatic N) is 2. The van der Waals surface area contributed by atoms with E-state index in [4.69, 9.17) is 5.73 Å². The van der Waals surface area contributed by atoms with Crippen LogP contribution in [0.15, 0.2) is 29.2 Å². The Morgan fingerprint density at radius 3 is 2.66 bits per heavy atom. The van der Waals surface area contributed by atoms with Gasteiger partial charge < -0.3 is 11.1 Å². The Labute approximate surface area is 172 Å². The van der Waals surface area contributed by atoms with Gasteiger partial charge in [0.2, 0.25) is 0 Å².